The van der Waals surface area contributed by atoms with Crippen LogP contribution in [0.15, 0.2) is 35.3 Å². The topological polar surface area (TPSA) is 59.8 Å². The van der Waals surface area contributed by atoms with E-state index in [0.29, 0.717) is 18.3 Å². The lowest BCUT2D eigenvalue weighted by Crippen LogP contribution is -2.37. The summed E-state index contributed by atoms with van der Waals surface area (Å²) < 4.78 is 2.05. The molecule has 1 amide bonds. The van der Waals surface area contributed by atoms with Crippen molar-refractivity contribution in [2.75, 3.05) is 5.75 Å². The van der Waals surface area contributed by atoms with E-state index in [1.807, 2.05) is 16.7 Å². The Kier molecular flexibility index (Phi) is 6.69. The standard InChI is InChI=1S/C18H24N4OS2/c1-2-10-22-16(12-15-9-6-11-24-15)20-21-18(22)25-13-17(23)19-14-7-4-3-5-8-14/h2,6,9,11,14H,1,3-5,7-8,10,12-13H2,(H,19,23). The first kappa shape index (κ1) is 18.2. The molecule has 1 saturated carbocycles. The van der Waals surface area contributed by atoms with Gasteiger partial charge in [0.15, 0.2) is 5.16 Å². The molecule has 0 unspecified atom stereocenters. The molecule has 3 rings (SSSR count). The molecule has 0 spiro atoms. The van der Waals surface area contributed by atoms with E-state index in [0.717, 1.165) is 30.2 Å². The number of carbonyl (C=O) groups excluding carboxylic acids is 1. The van der Waals surface area contributed by atoms with Gasteiger partial charge in [-0.25, -0.2) is 0 Å². The third-order valence-corrected chi connectivity index (χ3v) is 6.16. The summed E-state index contributed by atoms with van der Waals surface area (Å²) in [5.74, 6) is 1.38. The molecule has 5 nitrogen and oxygen atoms in total. The van der Waals surface area contributed by atoms with Crippen molar-refractivity contribution in [1.82, 2.24) is 20.1 Å². The van der Waals surface area contributed by atoms with Crippen molar-refractivity contribution in [2.24, 2.45) is 0 Å². The van der Waals surface area contributed by atoms with Crippen LogP contribution in [0.2, 0.25) is 0 Å². The van der Waals surface area contributed by atoms with Crippen molar-refractivity contribution in [1.29, 1.82) is 0 Å². The summed E-state index contributed by atoms with van der Waals surface area (Å²) in [5, 5.41) is 14.6. The Hall–Kier alpha value is -1.60. The van der Waals surface area contributed by atoms with Crippen molar-refractivity contribution in [2.45, 2.75) is 56.3 Å². The highest BCUT2D eigenvalue weighted by atomic mass is 32.2. The quantitative estimate of drug-likeness (QED) is 0.564. The van der Waals surface area contributed by atoms with E-state index in [4.69, 9.17) is 0 Å². The van der Waals surface area contributed by atoms with Gasteiger partial charge in [-0.3, -0.25) is 4.79 Å². The first-order valence-electron chi connectivity index (χ1n) is 8.74. The Balaban J connectivity index is 1.58. The molecule has 7 heteroatoms. The number of allylic oxidation sites excluding steroid dienone is 1. The number of amides is 1. The summed E-state index contributed by atoms with van der Waals surface area (Å²) in [7, 11) is 0. The average Bonchev–Trinajstić information content (AvgIpc) is 3.26. The van der Waals surface area contributed by atoms with Crippen LogP contribution in [0.25, 0.3) is 0 Å². The number of nitrogens with zero attached hydrogens (tertiary/aromatic N) is 3. The molecule has 1 N–H and O–H groups in total. The Labute approximate surface area is 156 Å². The Morgan fingerprint density at radius 2 is 2.24 bits per heavy atom. The molecule has 1 fully saturated rings. The molecule has 0 radical (unpaired) electrons. The van der Waals surface area contributed by atoms with E-state index < -0.39 is 0 Å². The van der Waals surface area contributed by atoms with Gasteiger partial charge in [-0.15, -0.1) is 28.1 Å². The Bertz CT molecular complexity index is 690. The lowest BCUT2D eigenvalue weighted by molar-refractivity contribution is -0.119. The van der Waals surface area contributed by atoms with Gasteiger partial charge in [-0.1, -0.05) is 43.2 Å². The summed E-state index contributed by atoms with van der Waals surface area (Å²) in [5.41, 5.74) is 0. The van der Waals surface area contributed by atoms with Crippen molar-refractivity contribution < 1.29 is 4.79 Å². The number of hydrogen-bond donors (Lipinski definition) is 1. The van der Waals surface area contributed by atoms with E-state index in [-0.39, 0.29) is 5.91 Å². The number of nitrogens with one attached hydrogen (secondary N) is 1. The van der Waals surface area contributed by atoms with Crippen LogP contribution in [-0.4, -0.2) is 32.5 Å². The highest BCUT2D eigenvalue weighted by Crippen LogP contribution is 2.21. The normalized spacial score (nSPS) is 15.2. The molecule has 134 valence electrons. The molecular formula is C18H24N4OS2. The van der Waals surface area contributed by atoms with Gasteiger partial charge in [-0.05, 0) is 24.3 Å². The van der Waals surface area contributed by atoms with Crippen molar-refractivity contribution >= 4 is 29.0 Å². The van der Waals surface area contributed by atoms with Crippen molar-refractivity contribution in [3.63, 3.8) is 0 Å². The molecule has 25 heavy (non-hydrogen) atoms. The molecule has 1 aliphatic rings. The van der Waals surface area contributed by atoms with Crippen LogP contribution in [0.4, 0.5) is 0 Å². The second-order valence-electron chi connectivity index (χ2n) is 6.25. The highest BCUT2D eigenvalue weighted by Gasteiger charge is 2.18. The van der Waals surface area contributed by atoms with Gasteiger partial charge in [0.1, 0.15) is 5.82 Å². The van der Waals surface area contributed by atoms with Crippen molar-refractivity contribution in [3.05, 3.63) is 40.9 Å². The van der Waals surface area contributed by atoms with Crippen LogP contribution >= 0.6 is 23.1 Å². The van der Waals surface area contributed by atoms with Crippen LogP contribution in [0.1, 0.15) is 42.8 Å². The van der Waals surface area contributed by atoms with Gasteiger partial charge >= 0.3 is 0 Å². The molecule has 0 atom stereocenters. The summed E-state index contributed by atoms with van der Waals surface area (Å²) in [6.07, 6.45) is 8.54. The Morgan fingerprint density at radius 1 is 1.40 bits per heavy atom. The van der Waals surface area contributed by atoms with Crippen LogP contribution in [0.5, 0.6) is 0 Å². The zero-order valence-electron chi connectivity index (χ0n) is 14.3. The zero-order chi connectivity index (χ0) is 17.5. The third kappa shape index (κ3) is 5.19. The second-order valence-corrected chi connectivity index (χ2v) is 8.22. The van der Waals surface area contributed by atoms with Gasteiger partial charge < -0.3 is 9.88 Å². The molecule has 1 aliphatic carbocycles. The summed E-state index contributed by atoms with van der Waals surface area (Å²) in [6, 6.07) is 4.49. The molecule has 0 saturated heterocycles. The number of thiophene rings is 1. The summed E-state index contributed by atoms with van der Waals surface area (Å²) in [4.78, 5) is 13.5. The van der Waals surface area contributed by atoms with Gasteiger partial charge in [0, 0.05) is 23.9 Å². The van der Waals surface area contributed by atoms with Gasteiger partial charge in [0.2, 0.25) is 5.91 Å². The van der Waals surface area contributed by atoms with Gasteiger partial charge in [0.05, 0.1) is 5.75 Å². The number of hydrogen-bond acceptors (Lipinski definition) is 5. The van der Waals surface area contributed by atoms with Gasteiger partial charge in [-0.2, -0.15) is 0 Å². The molecular weight excluding hydrogens is 352 g/mol. The largest absolute Gasteiger partial charge is 0.353 e. The van der Waals surface area contributed by atoms with E-state index >= 15 is 0 Å². The molecule has 2 aromatic heterocycles. The molecule has 0 aliphatic heterocycles. The van der Waals surface area contributed by atoms with E-state index in [9.17, 15) is 4.79 Å². The molecule has 2 aromatic rings. The molecule has 0 bridgehead atoms. The van der Waals surface area contributed by atoms with Crippen LogP contribution in [-0.2, 0) is 17.8 Å². The SMILES string of the molecule is C=CCn1c(Cc2cccs2)nnc1SCC(=O)NC1CCCCC1. The number of thioether (sulfide) groups is 1. The predicted molar refractivity (Wildman–Crippen MR) is 103 cm³/mol. The maximum absolute atomic E-state index is 12.2. The summed E-state index contributed by atoms with van der Waals surface area (Å²) >= 11 is 3.16. The van der Waals surface area contributed by atoms with E-state index in [2.05, 4.69) is 33.5 Å². The lowest BCUT2D eigenvalue weighted by atomic mass is 9.95. The smallest absolute Gasteiger partial charge is 0.230 e. The Morgan fingerprint density at radius 3 is 2.96 bits per heavy atom. The maximum atomic E-state index is 12.2. The predicted octanol–water partition coefficient (Wildman–Crippen LogP) is 3.66. The van der Waals surface area contributed by atoms with Crippen molar-refractivity contribution in [3.8, 4) is 0 Å². The fourth-order valence-electron chi connectivity index (χ4n) is 3.08. The fourth-order valence-corrected chi connectivity index (χ4v) is 4.56. The van der Waals surface area contributed by atoms with Crippen LogP contribution in [0, 0.1) is 0 Å². The molecule has 0 aromatic carbocycles. The number of rotatable bonds is 8. The number of carbonyl (C=O) groups is 1. The fraction of sp³-hybridized carbons (Fsp3) is 0.500. The molecule has 2 heterocycles. The minimum atomic E-state index is 0.0878. The first-order chi connectivity index (χ1) is 12.3. The van der Waals surface area contributed by atoms with Crippen LogP contribution in [0.3, 0.4) is 0 Å². The monoisotopic (exact) mass is 376 g/mol. The zero-order valence-corrected chi connectivity index (χ0v) is 16.0. The minimum Gasteiger partial charge on any atom is -0.353 e. The van der Waals surface area contributed by atoms with Gasteiger partial charge in [0.25, 0.3) is 0 Å². The second kappa shape index (κ2) is 9.20. The summed E-state index contributed by atoms with van der Waals surface area (Å²) in [6.45, 7) is 4.48. The first-order valence-corrected chi connectivity index (χ1v) is 10.6. The minimum absolute atomic E-state index is 0.0878. The lowest BCUT2D eigenvalue weighted by Gasteiger charge is -2.22. The van der Waals surface area contributed by atoms with E-state index in [1.165, 1.54) is 35.9 Å². The number of aromatic nitrogens is 3. The highest BCUT2D eigenvalue weighted by molar-refractivity contribution is 7.99. The third-order valence-electron chi connectivity index (χ3n) is 4.32. The maximum Gasteiger partial charge on any atom is 0.230 e. The van der Waals surface area contributed by atoms with Crippen LogP contribution < -0.4 is 5.32 Å². The van der Waals surface area contributed by atoms with E-state index in [1.54, 1.807) is 11.3 Å². The average molecular weight is 377 g/mol.